The van der Waals surface area contributed by atoms with Crippen LogP contribution in [0.4, 0.5) is 0 Å². The highest BCUT2D eigenvalue weighted by molar-refractivity contribution is 7.99. The van der Waals surface area contributed by atoms with Crippen LogP contribution >= 0.6 is 24.2 Å². The third-order valence-electron chi connectivity index (χ3n) is 6.09. The Morgan fingerprint density at radius 1 is 1.22 bits per heavy atom. The van der Waals surface area contributed by atoms with Gasteiger partial charge in [0.15, 0.2) is 5.16 Å². The highest BCUT2D eigenvalue weighted by Crippen LogP contribution is 2.33. The summed E-state index contributed by atoms with van der Waals surface area (Å²) in [5.41, 5.74) is 2.64. The van der Waals surface area contributed by atoms with Gasteiger partial charge in [-0.2, -0.15) is 4.31 Å². The van der Waals surface area contributed by atoms with E-state index in [9.17, 15) is 13.2 Å². The number of hydrogen-bond donors (Lipinski definition) is 1. The van der Waals surface area contributed by atoms with E-state index in [2.05, 4.69) is 9.97 Å². The van der Waals surface area contributed by atoms with Gasteiger partial charge in [-0.05, 0) is 51.0 Å². The number of H-pyrrole nitrogens is 1. The number of nitrogens with one attached hydrogen (secondary N) is 1. The smallest absolute Gasteiger partial charge is 0.244 e. The van der Waals surface area contributed by atoms with Crippen molar-refractivity contribution >= 4 is 51.1 Å². The lowest BCUT2D eigenvalue weighted by atomic mass is 10.1. The van der Waals surface area contributed by atoms with E-state index in [4.69, 9.17) is 4.74 Å². The number of sulfonamides is 1. The lowest BCUT2D eigenvalue weighted by Crippen LogP contribution is -2.49. The maximum Gasteiger partial charge on any atom is 0.244 e. The Balaban J connectivity index is 0.00000361. The molecule has 8 nitrogen and oxygen atoms in total. The number of ether oxygens (including phenoxy) is 1. The number of imidazole rings is 1. The van der Waals surface area contributed by atoms with Crippen molar-refractivity contribution in [1.82, 2.24) is 19.2 Å². The number of nitrogens with zero attached hydrogens (tertiary/aromatic N) is 3. The van der Waals surface area contributed by atoms with E-state index < -0.39 is 16.2 Å². The summed E-state index contributed by atoms with van der Waals surface area (Å²) in [6.45, 7) is 10.5. The van der Waals surface area contributed by atoms with E-state index in [1.54, 1.807) is 29.2 Å². The minimum absolute atomic E-state index is 0. The first-order valence-corrected chi connectivity index (χ1v) is 14.2. The van der Waals surface area contributed by atoms with Crippen LogP contribution in [0, 0.1) is 12.8 Å². The fraction of sp³-hybridized carbons (Fsp3) is 0.440. The molecular weight excluding hydrogens is 520 g/mol. The molecule has 0 bridgehead atoms. The summed E-state index contributed by atoms with van der Waals surface area (Å²) in [5.74, 6) is 0.733. The Hall–Kier alpha value is -2.27. The molecule has 0 aliphatic carbocycles. The van der Waals surface area contributed by atoms with Gasteiger partial charge >= 0.3 is 0 Å². The molecule has 0 radical (unpaired) electrons. The summed E-state index contributed by atoms with van der Waals surface area (Å²) >= 11 is 1.32. The average Bonchev–Trinajstić information content (AvgIpc) is 3.38. The summed E-state index contributed by atoms with van der Waals surface area (Å²) < 4.78 is 34.0. The summed E-state index contributed by atoms with van der Waals surface area (Å²) in [6, 6.07) is 12.3. The number of fused-ring (bicyclic) bond motifs is 1. The number of aromatic nitrogens is 2. The molecule has 1 amide bonds. The quantitative estimate of drug-likeness (QED) is 0.407. The van der Waals surface area contributed by atoms with Crippen LogP contribution in [0.2, 0.25) is 0 Å². The van der Waals surface area contributed by atoms with E-state index in [0.717, 1.165) is 22.3 Å². The van der Waals surface area contributed by atoms with E-state index in [1.165, 1.54) is 16.1 Å². The minimum Gasteiger partial charge on any atom is -0.494 e. The number of halogens is 1. The fourth-order valence-electron chi connectivity index (χ4n) is 4.48. The van der Waals surface area contributed by atoms with Gasteiger partial charge in [0.1, 0.15) is 11.9 Å². The predicted molar refractivity (Wildman–Crippen MR) is 145 cm³/mol. The third kappa shape index (κ3) is 5.66. The second kappa shape index (κ2) is 11.4. The number of amides is 1. The average molecular weight is 553 g/mol. The van der Waals surface area contributed by atoms with Crippen molar-refractivity contribution in [1.29, 1.82) is 0 Å². The van der Waals surface area contributed by atoms with E-state index in [1.807, 2.05) is 52.8 Å². The molecule has 0 saturated carbocycles. The Morgan fingerprint density at radius 2 is 1.92 bits per heavy atom. The van der Waals surface area contributed by atoms with Crippen molar-refractivity contribution in [3.63, 3.8) is 0 Å². The molecule has 196 valence electrons. The lowest BCUT2D eigenvalue weighted by Gasteiger charge is -2.33. The van der Waals surface area contributed by atoms with Crippen LogP contribution in [0.3, 0.4) is 0 Å². The van der Waals surface area contributed by atoms with Gasteiger partial charge in [0.25, 0.3) is 0 Å². The summed E-state index contributed by atoms with van der Waals surface area (Å²) in [7, 11) is -3.74. The Morgan fingerprint density at radius 3 is 2.56 bits per heavy atom. The molecule has 2 atom stereocenters. The second-order valence-electron chi connectivity index (χ2n) is 9.14. The standard InChI is InChI=1S/C25H32N4O4S2.ClH/c1-6-33-19-9-12-21-22(13-19)27-25(26-21)34-15-23(30)29-18(5)14-28(24(29)16(2)3)35(31,32)20-10-7-17(4)8-11-20;/h7-13,16,18,24H,6,14-15H2,1-5H3,(H,26,27);1H. The Kier molecular flexibility index (Phi) is 8.97. The number of carbonyl (C=O) groups is 1. The fourth-order valence-corrected chi connectivity index (χ4v) is 7.03. The van der Waals surface area contributed by atoms with Crippen LogP contribution in [0.1, 0.15) is 33.3 Å². The van der Waals surface area contributed by atoms with Crippen LogP contribution in [0.25, 0.3) is 11.0 Å². The molecule has 2 heterocycles. The number of rotatable bonds is 8. The van der Waals surface area contributed by atoms with Gasteiger partial charge in [-0.1, -0.05) is 43.3 Å². The van der Waals surface area contributed by atoms with Crippen LogP contribution in [-0.4, -0.2) is 64.6 Å². The molecule has 3 aromatic rings. The maximum absolute atomic E-state index is 13.5. The first-order valence-electron chi connectivity index (χ1n) is 11.8. The van der Waals surface area contributed by atoms with Crippen LogP contribution in [0.5, 0.6) is 5.75 Å². The summed E-state index contributed by atoms with van der Waals surface area (Å²) in [5, 5.41) is 0.638. The monoisotopic (exact) mass is 552 g/mol. The number of benzene rings is 2. The predicted octanol–water partition coefficient (Wildman–Crippen LogP) is 4.69. The second-order valence-corrected chi connectivity index (χ2v) is 12.0. The van der Waals surface area contributed by atoms with Crippen molar-refractivity contribution < 1.29 is 17.9 Å². The summed E-state index contributed by atoms with van der Waals surface area (Å²) in [6.07, 6.45) is -0.547. The first-order chi connectivity index (χ1) is 16.6. The lowest BCUT2D eigenvalue weighted by molar-refractivity contribution is -0.132. The highest BCUT2D eigenvalue weighted by Gasteiger charge is 2.47. The van der Waals surface area contributed by atoms with Gasteiger partial charge in [0.2, 0.25) is 15.9 Å². The van der Waals surface area contributed by atoms with Crippen LogP contribution in [0.15, 0.2) is 52.5 Å². The molecule has 4 rings (SSSR count). The van der Waals surface area contributed by atoms with Crippen molar-refractivity contribution in [2.45, 2.75) is 56.9 Å². The molecule has 0 spiro atoms. The molecule has 1 fully saturated rings. The molecule has 2 unspecified atom stereocenters. The van der Waals surface area contributed by atoms with Crippen molar-refractivity contribution in [3.05, 3.63) is 48.0 Å². The SMILES string of the molecule is CCOc1ccc2nc(SCC(=O)N3C(C)CN(S(=O)(=O)c4ccc(C)cc4)C3C(C)C)[nH]c2c1.Cl. The van der Waals surface area contributed by atoms with Gasteiger partial charge < -0.3 is 14.6 Å². The van der Waals surface area contributed by atoms with Crippen molar-refractivity contribution in [3.8, 4) is 5.75 Å². The molecule has 1 aliphatic heterocycles. The minimum atomic E-state index is -3.74. The number of hydrogen-bond acceptors (Lipinski definition) is 6. The molecular formula is C25H33ClN4O4S2. The normalized spacial score (nSPS) is 18.6. The van der Waals surface area contributed by atoms with E-state index >= 15 is 0 Å². The highest BCUT2D eigenvalue weighted by atomic mass is 35.5. The van der Waals surface area contributed by atoms with Crippen LogP contribution in [-0.2, 0) is 14.8 Å². The van der Waals surface area contributed by atoms with Gasteiger partial charge in [0.05, 0.1) is 28.3 Å². The number of thioether (sulfide) groups is 1. The molecule has 2 aromatic carbocycles. The van der Waals surface area contributed by atoms with Gasteiger partial charge in [0, 0.05) is 18.7 Å². The van der Waals surface area contributed by atoms with Crippen molar-refractivity contribution in [2.75, 3.05) is 18.9 Å². The molecule has 1 N–H and O–H groups in total. The van der Waals surface area contributed by atoms with Gasteiger partial charge in [-0.25, -0.2) is 13.4 Å². The molecule has 36 heavy (non-hydrogen) atoms. The number of aromatic amines is 1. The van der Waals surface area contributed by atoms with Crippen LogP contribution < -0.4 is 4.74 Å². The molecule has 11 heteroatoms. The zero-order valence-electron chi connectivity index (χ0n) is 21.1. The largest absolute Gasteiger partial charge is 0.494 e. The first kappa shape index (κ1) is 28.3. The number of aryl methyl sites for hydroxylation is 1. The van der Waals surface area contributed by atoms with Gasteiger partial charge in [-0.3, -0.25) is 4.79 Å². The Bertz CT molecular complexity index is 1310. The third-order valence-corrected chi connectivity index (χ3v) is 8.79. The molecule has 1 aromatic heterocycles. The zero-order chi connectivity index (χ0) is 25.3. The van der Waals surface area contributed by atoms with E-state index in [0.29, 0.717) is 11.8 Å². The zero-order valence-corrected chi connectivity index (χ0v) is 23.5. The molecule has 1 saturated heterocycles. The van der Waals surface area contributed by atoms with Crippen molar-refractivity contribution in [2.24, 2.45) is 5.92 Å². The summed E-state index contributed by atoms with van der Waals surface area (Å²) in [4.78, 5) is 23.1. The molecule has 1 aliphatic rings. The van der Waals surface area contributed by atoms with E-state index in [-0.39, 0.29) is 47.5 Å². The Labute approximate surface area is 223 Å². The topological polar surface area (TPSA) is 95.6 Å². The van der Waals surface area contributed by atoms with Gasteiger partial charge in [-0.15, -0.1) is 12.4 Å². The maximum atomic E-state index is 13.5. The number of carbonyl (C=O) groups excluding carboxylic acids is 1.